The van der Waals surface area contributed by atoms with Crippen LogP contribution in [0.4, 0.5) is 16.3 Å². The Kier molecular flexibility index (Phi) is 11.4. The third kappa shape index (κ3) is 8.01. The predicted molar refractivity (Wildman–Crippen MR) is 236 cm³/mol. The Bertz CT molecular complexity index is 2380. The molecule has 0 bridgehead atoms. The number of imidazole rings is 2. The van der Waals surface area contributed by atoms with Gasteiger partial charge in [-0.05, 0) is 111 Å². The van der Waals surface area contributed by atoms with Crippen LogP contribution in [0.15, 0.2) is 54.7 Å². The van der Waals surface area contributed by atoms with Gasteiger partial charge in [0, 0.05) is 26.2 Å². The van der Waals surface area contributed by atoms with Gasteiger partial charge in [-0.3, -0.25) is 9.59 Å². The summed E-state index contributed by atoms with van der Waals surface area (Å²) in [5.41, 5.74) is 7.12. The molecular formula is C47H59N10O4. The summed E-state index contributed by atoms with van der Waals surface area (Å²) < 4.78 is 4.83. The fraction of sp³-hybridized carbons (Fsp3) is 0.511. The average molecular weight is 828 g/mol. The maximum absolute atomic E-state index is 13.9. The van der Waals surface area contributed by atoms with Crippen molar-refractivity contribution >= 4 is 51.5 Å². The summed E-state index contributed by atoms with van der Waals surface area (Å²) in [6.45, 7) is 11.4. The van der Waals surface area contributed by atoms with Crippen LogP contribution in [0.2, 0.25) is 0 Å². The predicted octanol–water partition coefficient (Wildman–Crippen LogP) is 8.09. The number of rotatable bonds is 11. The molecule has 5 atom stereocenters. The van der Waals surface area contributed by atoms with Gasteiger partial charge in [0.05, 0.1) is 71.6 Å². The number of H-pyrrole nitrogens is 2. The van der Waals surface area contributed by atoms with Gasteiger partial charge in [-0.1, -0.05) is 39.8 Å². The van der Waals surface area contributed by atoms with E-state index in [1.165, 1.54) is 31.1 Å². The highest BCUT2D eigenvalue weighted by molar-refractivity contribution is 5.87. The summed E-state index contributed by atoms with van der Waals surface area (Å²) >= 11 is 0. The standard InChI is InChI=1S/C47H59N10O4/c1-28(2)24-42(58)55-22-8-10-39(55)44-49-33-15-12-30(25-35(33)51-44)37-17-18-38(57(37)32-14-19-41(48-27-32)54-20-6-7-21-54)31-13-16-34-36(26-31)52-45(50-34)40-11-9-23-56(40)46(59)43(29(3)4)53-47(60)61-5/h12-16,19,24-29,37-40,43H,6-11,17-18,20-23H2,1-5H3,(H,49,51)(H,50,52)(H,53,60)/t37-,38-,39+,40+,43+/m1/s1. The fourth-order valence-corrected chi connectivity index (χ4v) is 10.2. The molecule has 5 aromatic rings. The normalized spacial score (nSPS) is 22.4. The molecule has 0 unspecified atom stereocenters. The second-order valence-corrected chi connectivity index (χ2v) is 18.0. The van der Waals surface area contributed by atoms with Crippen LogP contribution < -0.4 is 15.1 Å². The van der Waals surface area contributed by atoms with Crippen molar-refractivity contribution in [2.24, 2.45) is 11.8 Å². The van der Waals surface area contributed by atoms with E-state index in [0.29, 0.717) is 6.54 Å². The number of alkyl carbamates (subject to hydrolysis) is 1. The molecule has 4 aliphatic rings. The maximum Gasteiger partial charge on any atom is 0.407 e. The van der Waals surface area contributed by atoms with Crippen molar-refractivity contribution in [1.29, 1.82) is 0 Å². The summed E-state index contributed by atoms with van der Waals surface area (Å²) in [7, 11) is 1.31. The van der Waals surface area contributed by atoms with E-state index < -0.39 is 12.1 Å². The first-order valence-electron chi connectivity index (χ1n) is 22.3. The lowest BCUT2D eigenvalue weighted by atomic mass is 10.0. The minimum atomic E-state index is -0.693. The minimum Gasteiger partial charge on any atom is -0.453 e. The molecule has 7 heterocycles. The number of hydrogen-bond donors (Lipinski definition) is 3. The number of fused-ring (bicyclic) bond motifs is 2. The van der Waals surface area contributed by atoms with Gasteiger partial charge in [-0.2, -0.15) is 0 Å². The van der Waals surface area contributed by atoms with Crippen molar-refractivity contribution in [3.8, 4) is 0 Å². The highest BCUT2D eigenvalue weighted by Crippen LogP contribution is 2.48. The smallest absolute Gasteiger partial charge is 0.407 e. The first-order valence-corrected chi connectivity index (χ1v) is 22.3. The Morgan fingerprint density at radius 1 is 0.738 bits per heavy atom. The Balaban J connectivity index is 1.01. The van der Waals surface area contributed by atoms with Crippen LogP contribution >= 0.6 is 0 Å². The zero-order valence-corrected chi connectivity index (χ0v) is 36.1. The number of carbonyl (C=O) groups is 3. The van der Waals surface area contributed by atoms with Crippen molar-refractivity contribution in [3.63, 3.8) is 0 Å². The van der Waals surface area contributed by atoms with Crippen LogP contribution in [0.25, 0.3) is 22.1 Å². The first-order chi connectivity index (χ1) is 29.6. The molecule has 0 spiro atoms. The molecule has 14 nitrogen and oxygen atoms in total. The highest BCUT2D eigenvalue weighted by atomic mass is 16.5. The van der Waals surface area contributed by atoms with E-state index in [1.807, 2.05) is 50.1 Å². The number of pyridine rings is 1. The van der Waals surface area contributed by atoms with E-state index in [9.17, 15) is 14.4 Å². The molecule has 4 aliphatic heterocycles. The average Bonchev–Trinajstić information content (AvgIpc) is 4.11. The van der Waals surface area contributed by atoms with Crippen LogP contribution in [0.3, 0.4) is 0 Å². The molecule has 0 saturated carbocycles. The molecule has 9 rings (SSSR count). The number of likely N-dealkylation sites (tertiary alicyclic amines) is 2. The molecule has 3 N–H and O–H groups in total. The number of benzene rings is 2. The van der Waals surface area contributed by atoms with Crippen LogP contribution in [-0.4, -0.2) is 92.0 Å². The van der Waals surface area contributed by atoms with Crippen molar-refractivity contribution in [3.05, 3.63) is 83.9 Å². The van der Waals surface area contributed by atoms with Gasteiger partial charge in [0.1, 0.15) is 23.5 Å². The molecule has 4 saturated heterocycles. The van der Waals surface area contributed by atoms with E-state index in [4.69, 9.17) is 19.7 Å². The Morgan fingerprint density at radius 3 is 1.87 bits per heavy atom. The van der Waals surface area contributed by atoms with Gasteiger partial charge < -0.3 is 39.6 Å². The number of aromatic nitrogens is 5. The van der Waals surface area contributed by atoms with Crippen molar-refractivity contribution in [2.45, 2.75) is 109 Å². The molecule has 61 heavy (non-hydrogen) atoms. The molecule has 321 valence electrons. The summed E-state index contributed by atoms with van der Waals surface area (Å²) in [6, 6.07) is 16.7. The number of aromatic amines is 2. The second kappa shape index (κ2) is 17.0. The van der Waals surface area contributed by atoms with E-state index in [0.717, 1.165) is 103 Å². The number of amides is 3. The number of hydrogen-bond acceptors (Lipinski definition) is 9. The second-order valence-electron chi connectivity index (χ2n) is 18.0. The molecule has 3 aromatic heterocycles. The number of carbonyl (C=O) groups excluding carboxylic acids is 3. The molecule has 1 radical (unpaired) electrons. The number of nitrogens with one attached hydrogen (secondary N) is 3. The Labute approximate surface area is 357 Å². The summed E-state index contributed by atoms with van der Waals surface area (Å²) in [4.78, 5) is 70.3. The van der Waals surface area contributed by atoms with E-state index in [-0.39, 0.29) is 47.8 Å². The van der Waals surface area contributed by atoms with Crippen LogP contribution in [-0.2, 0) is 14.3 Å². The van der Waals surface area contributed by atoms with Gasteiger partial charge in [0.2, 0.25) is 11.8 Å². The Morgan fingerprint density at radius 2 is 1.33 bits per heavy atom. The first kappa shape index (κ1) is 40.7. The lowest BCUT2D eigenvalue weighted by Gasteiger charge is -2.33. The van der Waals surface area contributed by atoms with Crippen LogP contribution in [0.5, 0.6) is 0 Å². The minimum absolute atomic E-state index is 0.0545. The third-order valence-corrected chi connectivity index (χ3v) is 13.2. The number of anilines is 2. The van der Waals surface area contributed by atoms with Crippen molar-refractivity contribution in [2.75, 3.05) is 43.1 Å². The van der Waals surface area contributed by atoms with Gasteiger partial charge in [0.15, 0.2) is 0 Å². The fourth-order valence-electron chi connectivity index (χ4n) is 10.2. The van der Waals surface area contributed by atoms with E-state index >= 15 is 0 Å². The van der Waals surface area contributed by atoms with Gasteiger partial charge >= 0.3 is 6.09 Å². The number of ether oxygens (including phenoxy) is 1. The van der Waals surface area contributed by atoms with Crippen molar-refractivity contribution < 1.29 is 19.1 Å². The summed E-state index contributed by atoms with van der Waals surface area (Å²) in [6.07, 6.45) is 11.0. The van der Waals surface area contributed by atoms with Gasteiger partial charge in [-0.15, -0.1) is 0 Å². The van der Waals surface area contributed by atoms with Crippen LogP contribution in [0.1, 0.15) is 126 Å². The monoisotopic (exact) mass is 827 g/mol. The lowest BCUT2D eigenvalue weighted by Crippen LogP contribution is -2.51. The quantitative estimate of drug-likeness (QED) is 0.120. The van der Waals surface area contributed by atoms with Gasteiger partial charge in [0.25, 0.3) is 0 Å². The molecule has 0 aliphatic carbocycles. The van der Waals surface area contributed by atoms with Crippen molar-refractivity contribution in [1.82, 2.24) is 40.0 Å². The van der Waals surface area contributed by atoms with E-state index in [2.05, 4.69) is 73.6 Å². The Hall–Kier alpha value is -5.66. The molecule has 2 aromatic carbocycles. The largest absolute Gasteiger partial charge is 0.453 e. The highest BCUT2D eigenvalue weighted by Gasteiger charge is 2.39. The molecule has 4 fully saturated rings. The number of nitrogens with zero attached hydrogens (tertiary/aromatic N) is 7. The SMILES string of the molecule is COC(=O)N[C@H](C(=O)N1CCC[C@H]1c1nc2cc([C@H]3CC[C@H](c4ccc5[nH]c([C@@H]6CCCN6C(=O)[CH]C(C)C)nc5c4)N3c3ccc(N4CCCC4)nc3)ccc2[nH]1)C(C)C. The van der Waals surface area contributed by atoms with E-state index in [1.54, 1.807) is 0 Å². The third-order valence-electron chi connectivity index (χ3n) is 13.2. The summed E-state index contributed by atoms with van der Waals surface area (Å²) in [5.74, 6) is 2.68. The maximum atomic E-state index is 13.9. The zero-order valence-electron chi connectivity index (χ0n) is 36.1. The topological polar surface area (TPSA) is 156 Å². The number of methoxy groups -OCH3 is 1. The lowest BCUT2D eigenvalue weighted by molar-refractivity contribution is -0.135. The molecular weight excluding hydrogens is 769 g/mol. The zero-order chi connectivity index (χ0) is 42.4. The molecule has 14 heteroatoms. The summed E-state index contributed by atoms with van der Waals surface area (Å²) in [5, 5.41) is 2.75. The van der Waals surface area contributed by atoms with Crippen LogP contribution in [0, 0.1) is 18.3 Å². The van der Waals surface area contributed by atoms with Gasteiger partial charge in [-0.25, -0.2) is 19.7 Å². The molecule has 3 amide bonds.